The van der Waals surface area contributed by atoms with E-state index in [0.717, 1.165) is 0 Å². The van der Waals surface area contributed by atoms with Gasteiger partial charge in [-0.15, -0.1) is 0 Å². The molecule has 0 aromatic rings. The second kappa shape index (κ2) is 8.27. The highest BCUT2D eigenvalue weighted by atomic mass is 35.6. The van der Waals surface area contributed by atoms with Crippen LogP contribution in [0.2, 0.25) is 0 Å². The van der Waals surface area contributed by atoms with Crippen molar-refractivity contribution in [2.24, 2.45) is 0 Å². The summed E-state index contributed by atoms with van der Waals surface area (Å²) in [5.41, 5.74) is 8.44. The Hall–Kier alpha value is -1.07. The lowest BCUT2D eigenvalue weighted by Gasteiger charge is -2.20. The summed E-state index contributed by atoms with van der Waals surface area (Å²) >= 11 is 17.0. The fraction of sp³-hybridized carbons (Fsp3) is 0.545. The largest absolute Gasteiger partial charge is 0.482 e. The number of nitrogens with zero attached hydrogens (tertiary/aromatic N) is 2. The van der Waals surface area contributed by atoms with E-state index in [1.165, 1.54) is 13.0 Å². The molecule has 0 N–H and O–H groups in total. The first-order chi connectivity index (χ1) is 9.13. The first kappa shape index (κ1) is 18.9. The fourth-order valence-corrected chi connectivity index (χ4v) is 1.36. The molecule has 0 saturated carbocycles. The molecule has 0 fully saturated rings. The number of carbonyl (C=O) groups is 2. The zero-order valence-corrected chi connectivity index (χ0v) is 13.3. The average Bonchev–Trinajstić information content (AvgIpc) is 2.27. The zero-order valence-electron chi connectivity index (χ0n) is 11.0. The molecule has 0 aliphatic rings. The molecule has 1 atom stereocenters. The van der Waals surface area contributed by atoms with Crippen LogP contribution in [0, 0.1) is 0 Å². The Morgan fingerprint density at radius 3 is 2.20 bits per heavy atom. The number of hydrogen-bond donors (Lipinski definition) is 0. The molecule has 6 nitrogen and oxygen atoms in total. The Labute approximate surface area is 131 Å². The van der Waals surface area contributed by atoms with Crippen LogP contribution in [0.1, 0.15) is 20.8 Å². The molecule has 112 valence electrons. The van der Waals surface area contributed by atoms with E-state index in [1.54, 1.807) is 13.8 Å². The van der Waals surface area contributed by atoms with Gasteiger partial charge in [0, 0.05) is 0 Å². The molecule has 0 bridgehead atoms. The van der Waals surface area contributed by atoms with Crippen molar-refractivity contribution in [1.29, 1.82) is 0 Å². The smallest absolute Gasteiger partial charge is 0.457 e. The van der Waals surface area contributed by atoms with E-state index in [4.69, 9.17) is 45.1 Å². The predicted molar refractivity (Wildman–Crippen MR) is 74.9 cm³/mol. The summed E-state index contributed by atoms with van der Waals surface area (Å²) < 4.78 is 7.42. The number of allylic oxidation sites excluding steroid dienone is 1. The maximum absolute atomic E-state index is 11.7. The second-order valence-electron chi connectivity index (χ2n) is 3.78. The molecule has 0 amide bonds. The van der Waals surface area contributed by atoms with Crippen molar-refractivity contribution < 1.29 is 23.9 Å². The molecule has 0 heterocycles. The van der Waals surface area contributed by atoms with Crippen molar-refractivity contribution in [2.45, 2.75) is 30.7 Å². The molecule has 0 aromatic carbocycles. The van der Waals surface area contributed by atoms with Crippen LogP contribution in [-0.2, 0) is 19.1 Å². The Morgan fingerprint density at radius 1 is 1.30 bits per heavy atom. The summed E-state index contributed by atoms with van der Waals surface area (Å²) in [6, 6.07) is 0. The normalized spacial score (nSPS) is 11.9. The number of rotatable bonds is 5. The van der Waals surface area contributed by atoms with Gasteiger partial charge in [-0.25, -0.2) is 9.59 Å². The monoisotopic (exact) mass is 342 g/mol. The molecule has 0 aliphatic carbocycles. The molecule has 0 spiro atoms. The Balaban J connectivity index is 5.15. The van der Waals surface area contributed by atoms with Crippen LogP contribution in [-0.4, -0.2) is 38.9 Å². The van der Waals surface area contributed by atoms with Crippen LogP contribution in [0.5, 0.6) is 0 Å². The lowest BCUT2D eigenvalue weighted by Crippen LogP contribution is -2.36. The average molecular weight is 344 g/mol. The molecule has 0 aromatic heterocycles. The topological polar surface area (TPSA) is 89.0 Å². The standard InChI is InChI=1S/C11H13Cl3N2O4/c1-4-19-9(17)8(16-15)10(18)20-7(5-6(2)3)11(12,13)14/h5,7H,4H2,1-3H3. The summed E-state index contributed by atoms with van der Waals surface area (Å²) in [5, 5.41) is 0. The maximum atomic E-state index is 11.7. The van der Waals surface area contributed by atoms with Crippen molar-refractivity contribution in [2.75, 3.05) is 6.61 Å². The van der Waals surface area contributed by atoms with Crippen LogP contribution >= 0.6 is 34.8 Å². The third kappa shape index (κ3) is 6.39. The van der Waals surface area contributed by atoms with Gasteiger partial charge in [0.1, 0.15) is 0 Å². The molecular formula is C11H13Cl3N2O4. The number of alkyl halides is 3. The quantitative estimate of drug-likeness (QED) is 0.146. The van der Waals surface area contributed by atoms with Crippen LogP contribution in [0.15, 0.2) is 11.6 Å². The fourth-order valence-electron chi connectivity index (χ4n) is 1.03. The van der Waals surface area contributed by atoms with Crippen LogP contribution in [0.4, 0.5) is 0 Å². The van der Waals surface area contributed by atoms with Gasteiger partial charge >= 0.3 is 17.7 Å². The van der Waals surface area contributed by atoms with Gasteiger partial charge in [0.2, 0.25) is 3.79 Å². The van der Waals surface area contributed by atoms with E-state index in [2.05, 4.69) is 9.53 Å². The van der Waals surface area contributed by atoms with Crippen molar-refractivity contribution in [1.82, 2.24) is 0 Å². The number of ether oxygens (including phenoxy) is 2. The van der Waals surface area contributed by atoms with Gasteiger partial charge in [-0.05, 0) is 26.8 Å². The zero-order chi connectivity index (χ0) is 15.9. The van der Waals surface area contributed by atoms with E-state index in [0.29, 0.717) is 5.57 Å². The molecule has 0 aliphatic heterocycles. The van der Waals surface area contributed by atoms with E-state index in [1.807, 2.05) is 0 Å². The Kier molecular flexibility index (Phi) is 7.83. The highest BCUT2D eigenvalue weighted by Gasteiger charge is 2.40. The maximum Gasteiger partial charge on any atom is 0.482 e. The van der Waals surface area contributed by atoms with E-state index in [-0.39, 0.29) is 6.61 Å². The Bertz CT molecular complexity index is 461. The van der Waals surface area contributed by atoms with Gasteiger partial charge in [-0.3, -0.25) is 0 Å². The first-order valence-corrected chi connectivity index (χ1v) is 6.58. The number of hydrogen-bond acceptors (Lipinski definition) is 4. The van der Waals surface area contributed by atoms with Gasteiger partial charge < -0.3 is 15.0 Å². The molecule has 0 saturated heterocycles. The van der Waals surface area contributed by atoms with Crippen LogP contribution in [0.25, 0.3) is 5.53 Å². The minimum Gasteiger partial charge on any atom is -0.457 e. The highest BCUT2D eigenvalue weighted by Crippen LogP contribution is 2.33. The lowest BCUT2D eigenvalue weighted by molar-refractivity contribution is -0.150. The second-order valence-corrected chi connectivity index (χ2v) is 6.15. The molecule has 1 unspecified atom stereocenters. The predicted octanol–water partition coefficient (Wildman–Crippen LogP) is 2.47. The van der Waals surface area contributed by atoms with E-state index < -0.39 is 27.5 Å². The van der Waals surface area contributed by atoms with Gasteiger partial charge in [0.05, 0.1) is 6.61 Å². The first-order valence-electron chi connectivity index (χ1n) is 5.45. The van der Waals surface area contributed by atoms with Crippen molar-refractivity contribution >= 4 is 52.5 Å². The third-order valence-electron chi connectivity index (χ3n) is 1.80. The summed E-state index contributed by atoms with van der Waals surface area (Å²) in [5.74, 6) is -2.40. The molecule has 0 rings (SSSR count). The summed E-state index contributed by atoms with van der Waals surface area (Å²) in [6.45, 7) is 4.91. The van der Waals surface area contributed by atoms with Crippen molar-refractivity contribution in [3.8, 4) is 0 Å². The summed E-state index contributed by atoms with van der Waals surface area (Å²) in [7, 11) is 0. The van der Waals surface area contributed by atoms with E-state index >= 15 is 0 Å². The lowest BCUT2D eigenvalue weighted by atomic mass is 10.2. The summed E-state index contributed by atoms with van der Waals surface area (Å²) in [4.78, 5) is 25.6. The number of halogens is 3. The van der Waals surface area contributed by atoms with Crippen molar-refractivity contribution in [3.63, 3.8) is 0 Å². The minimum atomic E-state index is -1.94. The molecule has 0 radical (unpaired) electrons. The van der Waals surface area contributed by atoms with Crippen molar-refractivity contribution in [3.05, 3.63) is 17.2 Å². The minimum absolute atomic E-state index is 0.00696. The van der Waals surface area contributed by atoms with Gasteiger partial charge in [-0.1, -0.05) is 40.4 Å². The molecular weight excluding hydrogens is 330 g/mol. The van der Waals surface area contributed by atoms with Gasteiger partial charge in [0.15, 0.2) is 6.10 Å². The third-order valence-corrected chi connectivity index (χ3v) is 2.45. The van der Waals surface area contributed by atoms with E-state index in [9.17, 15) is 9.59 Å². The van der Waals surface area contributed by atoms with Crippen LogP contribution < -0.4 is 0 Å². The Morgan fingerprint density at radius 2 is 1.85 bits per heavy atom. The van der Waals surface area contributed by atoms with Gasteiger partial charge in [0.25, 0.3) is 0 Å². The van der Waals surface area contributed by atoms with Crippen LogP contribution in [0.3, 0.4) is 0 Å². The highest BCUT2D eigenvalue weighted by molar-refractivity contribution is 6.68. The number of carbonyl (C=O) groups excluding carboxylic acids is 2. The number of esters is 2. The summed E-state index contributed by atoms with van der Waals surface area (Å²) in [6.07, 6.45) is 0.126. The SMILES string of the molecule is CCOC(=O)C(=[N+]=[N-])C(=O)OC(C=C(C)C)C(Cl)(Cl)Cl. The molecule has 20 heavy (non-hydrogen) atoms. The molecule has 9 heteroatoms. The van der Waals surface area contributed by atoms with Gasteiger partial charge in [-0.2, -0.15) is 4.79 Å².